The maximum Gasteiger partial charge on any atom is 0.338 e. The van der Waals surface area contributed by atoms with Crippen LogP contribution >= 0.6 is 0 Å². The summed E-state index contributed by atoms with van der Waals surface area (Å²) in [6.07, 6.45) is 5.10. The molecular weight excluding hydrogens is 280 g/mol. The van der Waals surface area contributed by atoms with Crippen LogP contribution in [0.1, 0.15) is 49.4 Å². The number of carbonyl (C=O) groups is 2. The molecule has 5 heteroatoms. The number of carbonyl (C=O) groups excluding carboxylic acids is 2. The summed E-state index contributed by atoms with van der Waals surface area (Å²) in [5, 5.41) is 6.25. The molecule has 0 radical (unpaired) electrons. The summed E-state index contributed by atoms with van der Waals surface area (Å²) in [7, 11) is 0. The molecule has 0 unspecified atom stereocenters. The lowest BCUT2D eigenvalue weighted by Gasteiger charge is -2.12. The molecule has 1 aliphatic carbocycles. The van der Waals surface area contributed by atoms with Crippen LogP contribution in [-0.4, -0.2) is 31.1 Å². The van der Waals surface area contributed by atoms with Crippen molar-refractivity contribution in [3.05, 3.63) is 29.8 Å². The molecule has 1 aromatic carbocycles. The van der Waals surface area contributed by atoms with Crippen LogP contribution in [-0.2, 0) is 9.53 Å². The monoisotopic (exact) mass is 304 g/mol. The number of anilines is 1. The minimum atomic E-state index is -0.315. The zero-order valence-corrected chi connectivity index (χ0v) is 13.1. The number of benzene rings is 1. The van der Waals surface area contributed by atoms with Gasteiger partial charge in [0.2, 0.25) is 5.91 Å². The molecule has 1 saturated carbocycles. The van der Waals surface area contributed by atoms with Gasteiger partial charge in [0, 0.05) is 24.7 Å². The fourth-order valence-electron chi connectivity index (χ4n) is 2.63. The Morgan fingerprint density at radius 3 is 2.50 bits per heavy atom. The van der Waals surface area contributed by atoms with Crippen molar-refractivity contribution in [3.8, 4) is 0 Å². The lowest BCUT2D eigenvalue weighted by Crippen LogP contribution is -2.33. The molecule has 0 bridgehead atoms. The van der Waals surface area contributed by atoms with Crippen molar-refractivity contribution < 1.29 is 14.3 Å². The molecule has 0 aliphatic heterocycles. The molecule has 0 spiro atoms. The third kappa shape index (κ3) is 5.06. The molecule has 1 aliphatic rings. The van der Waals surface area contributed by atoms with Gasteiger partial charge in [0.1, 0.15) is 0 Å². The molecular formula is C17H24N2O3. The minimum absolute atomic E-state index is 0.0996. The van der Waals surface area contributed by atoms with E-state index >= 15 is 0 Å². The molecule has 5 nitrogen and oxygen atoms in total. The van der Waals surface area contributed by atoms with Crippen molar-refractivity contribution in [2.75, 3.05) is 18.5 Å². The lowest BCUT2D eigenvalue weighted by molar-refractivity contribution is -0.121. The van der Waals surface area contributed by atoms with Crippen LogP contribution in [0.5, 0.6) is 0 Å². The fraction of sp³-hybridized carbons (Fsp3) is 0.529. The van der Waals surface area contributed by atoms with Crippen LogP contribution in [0.4, 0.5) is 5.69 Å². The zero-order chi connectivity index (χ0) is 15.8. The Balaban J connectivity index is 1.70. The number of hydrogen-bond donors (Lipinski definition) is 2. The van der Waals surface area contributed by atoms with Gasteiger partial charge in [-0.25, -0.2) is 4.79 Å². The van der Waals surface area contributed by atoms with Gasteiger partial charge in [-0.1, -0.05) is 12.8 Å². The Bertz CT molecular complexity index is 493. The van der Waals surface area contributed by atoms with Gasteiger partial charge >= 0.3 is 5.97 Å². The quantitative estimate of drug-likeness (QED) is 0.760. The van der Waals surface area contributed by atoms with Crippen molar-refractivity contribution in [2.45, 2.75) is 45.1 Å². The van der Waals surface area contributed by atoms with Crippen molar-refractivity contribution in [1.82, 2.24) is 5.32 Å². The van der Waals surface area contributed by atoms with E-state index in [0.717, 1.165) is 18.5 Å². The second-order valence-corrected chi connectivity index (χ2v) is 5.52. The first-order valence-electron chi connectivity index (χ1n) is 7.99. The van der Waals surface area contributed by atoms with E-state index in [9.17, 15) is 9.59 Å². The summed E-state index contributed by atoms with van der Waals surface area (Å²) in [5.41, 5.74) is 1.42. The average molecular weight is 304 g/mol. The van der Waals surface area contributed by atoms with E-state index in [2.05, 4.69) is 10.6 Å². The first-order chi connectivity index (χ1) is 10.7. The second kappa shape index (κ2) is 8.41. The van der Waals surface area contributed by atoms with E-state index in [1.165, 1.54) is 12.8 Å². The van der Waals surface area contributed by atoms with Gasteiger partial charge in [0.25, 0.3) is 0 Å². The highest BCUT2D eigenvalue weighted by Gasteiger charge is 2.16. The largest absolute Gasteiger partial charge is 0.462 e. The van der Waals surface area contributed by atoms with Gasteiger partial charge in [0.15, 0.2) is 0 Å². The molecule has 2 rings (SSSR count). The van der Waals surface area contributed by atoms with E-state index in [4.69, 9.17) is 4.74 Å². The predicted molar refractivity (Wildman–Crippen MR) is 85.9 cm³/mol. The van der Waals surface area contributed by atoms with E-state index in [0.29, 0.717) is 31.2 Å². The van der Waals surface area contributed by atoms with E-state index in [1.807, 2.05) is 12.1 Å². The molecule has 2 N–H and O–H groups in total. The van der Waals surface area contributed by atoms with Crippen LogP contribution in [0, 0.1) is 0 Å². The van der Waals surface area contributed by atoms with Crippen molar-refractivity contribution in [3.63, 3.8) is 0 Å². The Kier molecular flexibility index (Phi) is 6.25. The SMILES string of the molecule is CCOC(=O)c1ccc(NCCC(=O)NC2CCCC2)cc1. The summed E-state index contributed by atoms with van der Waals surface area (Å²) in [4.78, 5) is 23.3. The summed E-state index contributed by atoms with van der Waals surface area (Å²) in [6, 6.07) is 7.46. The van der Waals surface area contributed by atoms with Crippen LogP contribution in [0.2, 0.25) is 0 Å². The average Bonchev–Trinajstić information content (AvgIpc) is 3.01. The molecule has 22 heavy (non-hydrogen) atoms. The molecule has 1 aromatic rings. The number of amides is 1. The van der Waals surface area contributed by atoms with Gasteiger partial charge in [-0.05, 0) is 44.0 Å². The van der Waals surface area contributed by atoms with Crippen LogP contribution < -0.4 is 10.6 Å². The number of nitrogens with one attached hydrogen (secondary N) is 2. The summed E-state index contributed by atoms with van der Waals surface area (Å²) in [6.45, 7) is 2.73. The standard InChI is InChI=1S/C17H24N2O3/c1-2-22-17(21)13-7-9-14(10-8-13)18-12-11-16(20)19-15-5-3-4-6-15/h7-10,15,18H,2-6,11-12H2,1H3,(H,19,20). The Hall–Kier alpha value is -2.04. The summed E-state index contributed by atoms with van der Waals surface area (Å²) in [5.74, 6) is -0.215. The maximum absolute atomic E-state index is 11.8. The predicted octanol–water partition coefficient (Wildman–Crippen LogP) is 2.72. The molecule has 1 fully saturated rings. The molecule has 1 amide bonds. The van der Waals surface area contributed by atoms with Gasteiger partial charge in [-0.3, -0.25) is 4.79 Å². The van der Waals surface area contributed by atoms with Gasteiger partial charge in [-0.2, -0.15) is 0 Å². The van der Waals surface area contributed by atoms with Gasteiger partial charge in [0.05, 0.1) is 12.2 Å². The highest BCUT2D eigenvalue weighted by atomic mass is 16.5. The maximum atomic E-state index is 11.8. The number of rotatable bonds is 7. The van der Waals surface area contributed by atoms with E-state index < -0.39 is 0 Å². The van der Waals surface area contributed by atoms with Crippen molar-refractivity contribution >= 4 is 17.6 Å². The summed E-state index contributed by atoms with van der Waals surface area (Å²) < 4.78 is 4.93. The Morgan fingerprint density at radius 2 is 1.86 bits per heavy atom. The smallest absolute Gasteiger partial charge is 0.338 e. The molecule has 0 saturated heterocycles. The molecule has 0 atom stereocenters. The Labute approximate surface area is 131 Å². The zero-order valence-electron chi connectivity index (χ0n) is 13.1. The highest BCUT2D eigenvalue weighted by Crippen LogP contribution is 2.17. The van der Waals surface area contributed by atoms with Crippen molar-refractivity contribution in [1.29, 1.82) is 0 Å². The third-order valence-corrected chi connectivity index (χ3v) is 3.80. The minimum Gasteiger partial charge on any atom is -0.462 e. The number of ether oxygens (including phenoxy) is 1. The van der Waals surface area contributed by atoms with E-state index in [-0.39, 0.29) is 11.9 Å². The van der Waals surface area contributed by atoms with Crippen LogP contribution in [0.15, 0.2) is 24.3 Å². The normalized spacial score (nSPS) is 14.6. The first-order valence-corrected chi connectivity index (χ1v) is 7.99. The second-order valence-electron chi connectivity index (χ2n) is 5.52. The number of esters is 1. The van der Waals surface area contributed by atoms with Gasteiger partial charge < -0.3 is 15.4 Å². The Morgan fingerprint density at radius 1 is 1.18 bits per heavy atom. The van der Waals surface area contributed by atoms with E-state index in [1.54, 1.807) is 19.1 Å². The van der Waals surface area contributed by atoms with Crippen LogP contribution in [0.25, 0.3) is 0 Å². The first kappa shape index (κ1) is 16.3. The highest BCUT2D eigenvalue weighted by molar-refractivity contribution is 5.89. The topological polar surface area (TPSA) is 67.4 Å². The summed E-state index contributed by atoms with van der Waals surface area (Å²) >= 11 is 0. The lowest BCUT2D eigenvalue weighted by atomic mass is 10.2. The fourth-order valence-corrected chi connectivity index (χ4v) is 2.63. The molecule has 0 aromatic heterocycles. The molecule has 120 valence electrons. The third-order valence-electron chi connectivity index (χ3n) is 3.80. The van der Waals surface area contributed by atoms with Gasteiger partial charge in [-0.15, -0.1) is 0 Å². The van der Waals surface area contributed by atoms with Crippen molar-refractivity contribution in [2.24, 2.45) is 0 Å². The number of hydrogen-bond acceptors (Lipinski definition) is 4. The molecule has 0 heterocycles. The van der Waals surface area contributed by atoms with Crippen LogP contribution in [0.3, 0.4) is 0 Å².